The first kappa shape index (κ1) is 10.9. The van der Waals surface area contributed by atoms with E-state index >= 15 is 0 Å². The average molecular weight is 280 g/mol. The van der Waals surface area contributed by atoms with Gasteiger partial charge >= 0.3 is 0 Å². The fourth-order valence-corrected chi connectivity index (χ4v) is 1.43. The summed E-state index contributed by atoms with van der Waals surface area (Å²) in [5.41, 5.74) is 6.53. The number of hydrogen-bond acceptors (Lipinski definition) is 4. The maximum absolute atomic E-state index is 5.52. The van der Waals surface area contributed by atoms with E-state index in [0.29, 0.717) is 11.7 Å². The first-order chi connectivity index (χ1) is 7.65. The molecule has 82 valence electrons. The summed E-state index contributed by atoms with van der Waals surface area (Å²) in [6, 6.07) is 5.70. The molecule has 1 aromatic carbocycles. The van der Waals surface area contributed by atoms with Gasteiger partial charge in [0, 0.05) is 4.47 Å². The van der Waals surface area contributed by atoms with Crippen LogP contribution in [0.15, 0.2) is 35.1 Å². The average Bonchev–Trinajstić information content (AvgIpc) is 2.27. The van der Waals surface area contributed by atoms with Crippen molar-refractivity contribution in [3.8, 4) is 11.6 Å². The highest BCUT2D eigenvalue weighted by atomic mass is 79.9. The minimum Gasteiger partial charge on any atom is -0.437 e. The van der Waals surface area contributed by atoms with Crippen LogP contribution in [-0.2, 0) is 0 Å². The summed E-state index contributed by atoms with van der Waals surface area (Å²) in [5.74, 6) is 1.52. The Hall–Kier alpha value is -1.62. The molecule has 0 aliphatic rings. The maximum Gasteiger partial charge on any atom is 0.237 e. The van der Waals surface area contributed by atoms with Crippen molar-refractivity contribution in [1.82, 2.24) is 9.97 Å². The normalized spacial score (nSPS) is 10.1. The van der Waals surface area contributed by atoms with E-state index in [-0.39, 0.29) is 0 Å². The lowest BCUT2D eigenvalue weighted by Gasteiger charge is -2.05. The third kappa shape index (κ3) is 2.49. The summed E-state index contributed by atoms with van der Waals surface area (Å²) in [6.07, 6.45) is 2.95. The Morgan fingerprint density at radius 1 is 1.25 bits per heavy atom. The van der Waals surface area contributed by atoms with E-state index in [2.05, 4.69) is 25.9 Å². The number of nitrogens with two attached hydrogens (primary N) is 1. The van der Waals surface area contributed by atoms with Crippen LogP contribution < -0.4 is 10.5 Å². The molecule has 2 aromatic rings. The van der Waals surface area contributed by atoms with Crippen molar-refractivity contribution < 1.29 is 4.74 Å². The third-order valence-electron chi connectivity index (χ3n) is 2.00. The summed E-state index contributed by atoms with van der Waals surface area (Å²) in [5, 5.41) is 0. The van der Waals surface area contributed by atoms with Crippen LogP contribution in [0.1, 0.15) is 5.56 Å². The van der Waals surface area contributed by atoms with Gasteiger partial charge in [-0.1, -0.05) is 15.9 Å². The first-order valence-electron chi connectivity index (χ1n) is 4.66. The van der Waals surface area contributed by atoms with Gasteiger partial charge in [-0.3, -0.25) is 0 Å². The number of anilines is 1. The Bertz CT molecular complexity index is 499. The van der Waals surface area contributed by atoms with Crippen LogP contribution in [0.4, 0.5) is 5.82 Å². The molecule has 0 unspecified atom stereocenters. The lowest BCUT2D eigenvalue weighted by Crippen LogP contribution is -1.93. The highest BCUT2D eigenvalue weighted by molar-refractivity contribution is 9.10. The molecular formula is C11H10BrN3O. The molecule has 5 heteroatoms. The highest BCUT2D eigenvalue weighted by Crippen LogP contribution is 2.24. The minimum absolute atomic E-state index is 0.374. The van der Waals surface area contributed by atoms with E-state index in [0.717, 1.165) is 15.8 Å². The number of halogens is 1. The molecule has 4 nitrogen and oxygen atoms in total. The summed E-state index contributed by atoms with van der Waals surface area (Å²) in [4.78, 5) is 7.90. The Balaban J connectivity index is 2.20. The number of benzene rings is 1. The molecule has 0 aliphatic heterocycles. The van der Waals surface area contributed by atoms with Crippen molar-refractivity contribution in [1.29, 1.82) is 0 Å². The Labute approximate surface area is 102 Å². The second kappa shape index (κ2) is 4.49. The predicted octanol–water partition coefficient (Wildman–Crippen LogP) is 2.92. The number of aromatic nitrogens is 2. The van der Waals surface area contributed by atoms with Crippen molar-refractivity contribution >= 4 is 21.7 Å². The van der Waals surface area contributed by atoms with Crippen molar-refractivity contribution in [2.24, 2.45) is 0 Å². The van der Waals surface area contributed by atoms with E-state index in [4.69, 9.17) is 10.5 Å². The van der Waals surface area contributed by atoms with Crippen molar-refractivity contribution in [3.05, 3.63) is 40.6 Å². The molecule has 16 heavy (non-hydrogen) atoms. The highest BCUT2D eigenvalue weighted by Gasteiger charge is 2.01. The van der Waals surface area contributed by atoms with Gasteiger partial charge in [0.25, 0.3) is 0 Å². The summed E-state index contributed by atoms with van der Waals surface area (Å²) in [6.45, 7) is 1.99. The van der Waals surface area contributed by atoms with Crippen LogP contribution >= 0.6 is 15.9 Å². The standard InChI is InChI=1S/C11H10BrN3O/c1-7-4-8(2-3-9(7)12)16-11-6-14-10(13)5-15-11/h2-6H,1H3,(H2,13,14). The topological polar surface area (TPSA) is 61.0 Å². The number of nitrogens with zero attached hydrogens (tertiary/aromatic N) is 2. The van der Waals surface area contributed by atoms with Crippen LogP contribution in [0.3, 0.4) is 0 Å². The summed E-state index contributed by atoms with van der Waals surface area (Å²) in [7, 11) is 0. The van der Waals surface area contributed by atoms with Crippen molar-refractivity contribution in [2.75, 3.05) is 5.73 Å². The number of nitrogen functional groups attached to an aromatic ring is 1. The number of rotatable bonds is 2. The van der Waals surface area contributed by atoms with E-state index in [1.54, 1.807) is 0 Å². The minimum atomic E-state index is 0.374. The smallest absolute Gasteiger partial charge is 0.237 e. The molecule has 1 aromatic heterocycles. The molecule has 0 spiro atoms. The molecule has 2 rings (SSSR count). The molecule has 0 saturated carbocycles. The van der Waals surface area contributed by atoms with Gasteiger partial charge in [-0.25, -0.2) is 9.97 Å². The van der Waals surface area contributed by atoms with Gasteiger partial charge in [0.15, 0.2) is 0 Å². The monoisotopic (exact) mass is 279 g/mol. The Kier molecular flexibility index (Phi) is 3.05. The van der Waals surface area contributed by atoms with Crippen molar-refractivity contribution in [2.45, 2.75) is 6.92 Å². The third-order valence-corrected chi connectivity index (χ3v) is 2.89. The molecular weight excluding hydrogens is 270 g/mol. The number of ether oxygens (including phenoxy) is 1. The quantitative estimate of drug-likeness (QED) is 0.918. The number of aryl methyl sites for hydroxylation is 1. The van der Waals surface area contributed by atoms with E-state index in [9.17, 15) is 0 Å². The Morgan fingerprint density at radius 2 is 2.06 bits per heavy atom. The van der Waals surface area contributed by atoms with E-state index in [1.807, 2.05) is 25.1 Å². The molecule has 0 fully saturated rings. The molecule has 2 N–H and O–H groups in total. The largest absolute Gasteiger partial charge is 0.437 e. The van der Waals surface area contributed by atoms with Gasteiger partial charge in [0.05, 0.1) is 12.4 Å². The fraction of sp³-hybridized carbons (Fsp3) is 0.0909. The van der Waals surface area contributed by atoms with Gasteiger partial charge in [-0.05, 0) is 30.7 Å². The van der Waals surface area contributed by atoms with Crippen LogP contribution in [0, 0.1) is 6.92 Å². The predicted molar refractivity (Wildman–Crippen MR) is 65.4 cm³/mol. The summed E-state index contributed by atoms with van der Waals surface area (Å²) >= 11 is 3.42. The van der Waals surface area contributed by atoms with Crippen LogP contribution in [0.25, 0.3) is 0 Å². The molecule has 0 atom stereocenters. The van der Waals surface area contributed by atoms with Gasteiger partial charge in [0.2, 0.25) is 5.88 Å². The molecule has 0 aliphatic carbocycles. The molecule has 0 bridgehead atoms. The molecule has 0 saturated heterocycles. The second-order valence-electron chi connectivity index (χ2n) is 3.29. The second-order valence-corrected chi connectivity index (χ2v) is 4.15. The van der Waals surface area contributed by atoms with Crippen LogP contribution in [0.5, 0.6) is 11.6 Å². The van der Waals surface area contributed by atoms with Gasteiger partial charge < -0.3 is 10.5 Å². The lowest BCUT2D eigenvalue weighted by atomic mass is 10.2. The Morgan fingerprint density at radius 3 is 2.69 bits per heavy atom. The fourth-order valence-electron chi connectivity index (χ4n) is 1.18. The van der Waals surface area contributed by atoms with Gasteiger partial charge in [-0.15, -0.1) is 0 Å². The zero-order valence-electron chi connectivity index (χ0n) is 8.64. The van der Waals surface area contributed by atoms with Gasteiger partial charge in [-0.2, -0.15) is 0 Å². The maximum atomic E-state index is 5.52. The number of hydrogen-bond donors (Lipinski definition) is 1. The molecule has 0 radical (unpaired) electrons. The zero-order chi connectivity index (χ0) is 11.5. The van der Waals surface area contributed by atoms with E-state index < -0.39 is 0 Å². The van der Waals surface area contributed by atoms with Gasteiger partial charge in [0.1, 0.15) is 11.6 Å². The first-order valence-corrected chi connectivity index (χ1v) is 5.46. The lowest BCUT2D eigenvalue weighted by molar-refractivity contribution is 0.460. The van der Waals surface area contributed by atoms with Crippen LogP contribution in [-0.4, -0.2) is 9.97 Å². The SMILES string of the molecule is Cc1cc(Oc2cnc(N)cn2)ccc1Br. The zero-order valence-corrected chi connectivity index (χ0v) is 10.2. The summed E-state index contributed by atoms with van der Waals surface area (Å²) < 4.78 is 6.56. The van der Waals surface area contributed by atoms with Crippen molar-refractivity contribution in [3.63, 3.8) is 0 Å². The van der Waals surface area contributed by atoms with Crippen LogP contribution in [0.2, 0.25) is 0 Å². The van der Waals surface area contributed by atoms with E-state index in [1.165, 1.54) is 12.4 Å². The molecule has 0 amide bonds. The molecule has 1 heterocycles.